The lowest BCUT2D eigenvalue weighted by Gasteiger charge is -2.28. The van der Waals surface area contributed by atoms with Crippen LogP contribution in [0.15, 0.2) is 42.7 Å². The average molecular weight is 505 g/mol. The van der Waals surface area contributed by atoms with Gasteiger partial charge in [-0.3, -0.25) is 0 Å². The van der Waals surface area contributed by atoms with E-state index in [0.29, 0.717) is 23.9 Å². The fourth-order valence-electron chi connectivity index (χ4n) is 3.65. The highest BCUT2D eigenvalue weighted by Crippen LogP contribution is 2.28. The van der Waals surface area contributed by atoms with Crippen molar-refractivity contribution in [2.24, 2.45) is 0 Å². The molecule has 0 spiro atoms. The quantitative estimate of drug-likeness (QED) is 0.343. The Labute approximate surface area is 183 Å². The Morgan fingerprint density at radius 3 is 2.59 bits per heavy atom. The van der Waals surface area contributed by atoms with Crippen LogP contribution in [0.2, 0.25) is 0 Å². The molecular formula is C21H24IN5O2. The number of anilines is 2. The third-order valence-electron chi connectivity index (χ3n) is 5.31. The van der Waals surface area contributed by atoms with Crippen LogP contribution >= 0.6 is 22.6 Å². The van der Waals surface area contributed by atoms with E-state index < -0.39 is 6.23 Å². The number of benzene rings is 1. The maximum absolute atomic E-state index is 10.5. The van der Waals surface area contributed by atoms with Crippen LogP contribution in [0.25, 0.3) is 10.9 Å². The van der Waals surface area contributed by atoms with Crippen molar-refractivity contribution >= 4 is 45.3 Å². The number of nitrogens with zero attached hydrogens (tertiary/aromatic N) is 3. The number of rotatable bonds is 6. The Morgan fingerprint density at radius 1 is 1.10 bits per heavy atom. The zero-order chi connectivity index (χ0) is 20.2. The highest BCUT2D eigenvalue weighted by atomic mass is 127. The molecular weight excluding hydrogens is 481 g/mol. The second-order valence-corrected chi connectivity index (χ2v) is 8.38. The predicted molar refractivity (Wildman–Crippen MR) is 122 cm³/mol. The van der Waals surface area contributed by atoms with Crippen molar-refractivity contribution in [3.8, 4) is 0 Å². The summed E-state index contributed by atoms with van der Waals surface area (Å²) < 4.78 is 6.38. The van der Waals surface area contributed by atoms with Crippen LogP contribution in [0.4, 0.5) is 11.8 Å². The first-order valence-corrected chi connectivity index (χ1v) is 10.8. The molecule has 7 nitrogen and oxygen atoms in total. The van der Waals surface area contributed by atoms with E-state index >= 15 is 0 Å². The second kappa shape index (κ2) is 9.19. The largest absolute Gasteiger partial charge is 0.381 e. The number of methoxy groups -OCH3 is 1. The molecule has 8 heteroatoms. The number of hydrogen-bond acceptors (Lipinski definition) is 7. The second-order valence-electron chi connectivity index (χ2n) is 7.22. The number of nitrogens with one attached hydrogen (secondary N) is 2. The molecule has 0 amide bonds. The third-order valence-corrected chi connectivity index (χ3v) is 6.10. The van der Waals surface area contributed by atoms with Crippen molar-refractivity contribution in [1.29, 1.82) is 0 Å². The van der Waals surface area contributed by atoms with Gasteiger partial charge in [0, 0.05) is 31.1 Å². The molecule has 0 aliphatic heterocycles. The summed E-state index contributed by atoms with van der Waals surface area (Å²) in [6.45, 7) is 0. The summed E-state index contributed by atoms with van der Waals surface area (Å²) >= 11 is 2.23. The van der Waals surface area contributed by atoms with Crippen LogP contribution in [0.3, 0.4) is 0 Å². The van der Waals surface area contributed by atoms with E-state index in [1.807, 2.05) is 30.3 Å². The molecule has 3 N–H and O–H groups in total. The number of fused-ring (bicyclic) bond motifs is 1. The molecule has 1 saturated carbocycles. The summed E-state index contributed by atoms with van der Waals surface area (Å²) in [5.41, 5.74) is 1.58. The maximum atomic E-state index is 10.5. The molecule has 1 fully saturated rings. The van der Waals surface area contributed by atoms with Crippen molar-refractivity contribution in [2.75, 3.05) is 17.7 Å². The Bertz CT molecular complexity index is 964. The van der Waals surface area contributed by atoms with Gasteiger partial charge in [-0.15, -0.1) is 0 Å². The van der Waals surface area contributed by atoms with Gasteiger partial charge >= 0.3 is 0 Å². The molecule has 152 valence electrons. The van der Waals surface area contributed by atoms with Gasteiger partial charge in [0.25, 0.3) is 0 Å². The number of pyridine rings is 1. The van der Waals surface area contributed by atoms with E-state index in [2.05, 4.69) is 43.2 Å². The Kier molecular flexibility index (Phi) is 6.41. The van der Waals surface area contributed by atoms with E-state index in [9.17, 15) is 5.11 Å². The molecule has 29 heavy (non-hydrogen) atoms. The summed E-state index contributed by atoms with van der Waals surface area (Å²) in [6, 6.07) is 9.78. The monoisotopic (exact) mass is 505 g/mol. The molecule has 1 unspecified atom stereocenters. The summed E-state index contributed by atoms with van der Waals surface area (Å²) in [6.07, 6.45) is 7.21. The van der Waals surface area contributed by atoms with Gasteiger partial charge in [0.2, 0.25) is 5.95 Å². The number of aromatic nitrogens is 3. The highest BCUT2D eigenvalue weighted by molar-refractivity contribution is 14.1. The van der Waals surface area contributed by atoms with Gasteiger partial charge in [0.05, 0.1) is 20.6 Å². The van der Waals surface area contributed by atoms with Gasteiger partial charge in [0.15, 0.2) is 6.23 Å². The number of hydrogen-bond donors (Lipinski definition) is 3. The van der Waals surface area contributed by atoms with Gasteiger partial charge in [-0.25, -0.2) is 15.0 Å². The standard InChI is InChI=1S/C21H24IN5O2/c1-29-15-9-7-14(8-10-15)25-21-24-11-16-18(26-21)17(22)12-23-19(16)27-20(28)13-5-3-2-4-6-13/h2-6,11-12,14-15,20,28H,7-10H2,1H3,(H,23,27)(H,24,25,26). The normalized spacial score (nSPS) is 20.4. The highest BCUT2D eigenvalue weighted by Gasteiger charge is 2.21. The lowest BCUT2D eigenvalue weighted by Crippen LogP contribution is -2.29. The topological polar surface area (TPSA) is 92.2 Å². The Balaban J connectivity index is 1.53. The molecule has 2 heterocycles. The van der Waals surface area contributed by atoms with E-state index in [0.717, 1.165) is 45.7 Å². The third kappa shape index (κ3) is 4.76. The Morgan fingerprint density at radius 2 is 1.86 bits per heavy atom. The van der Waals surface area contributed by atoms with Crippen LogP contribution in [0.5, 0.6) is 0 Å². The van der Waals surface area contributed by atoms with E-state index in [1.165, 1.54) is 0 Å². The fourth-order valence-corrected chi connectivity index (χ4v) is 4.20. The molecule has 3 aromatic rings. The van der Waals surface area contributed by atoms with Gasteiger partial charge in [0.1, 0.15) is 5.82 Å². The van der Waals surface area contributed by atoms with Crippen molar-refractivity contribution in [3.05, 3.63) is 51.9 Å². The molecule has 1 atom stereocenters. The summed E-state index contributed by atoms with van der Waals surface area (Å²) in [5.74, 6) is 1.18. The minimum Gasteiger partial charge on any atom is -0.381 e. The van der Waals surface area contributed by atoms with Gasteiger partial charge in [-0.2, -0.15) is 0 Å². The van der Waals surface area contributed by atoms with Gasteiger partial charge in [-0.05, 0) is 48.3 Å². The smallest absolute Gasteiger partial charge is 0.223 e. The number of halogens is 1. The molecule has 2 aromatic heterocycles. The fraction of sp³-hybridized carbons (Fsp3) is 0.381. The Hall–Kier alpha value is -2.04. The minimum absolute atomic E-state index is 0.357. The van der Waals surface area contributed by atoms with Crippen molar-refractivity contribution in [2.45, 2.75) is 44.1 Å². The first-order chi connectivity index (χ1) is 14.1. The zero-order valence-corrected chi connectivity index (χ0v) is 18.3. The summed E-state index contributed by atoms with van der Waals surface area (Å²) in [7, 11) is 1.78. The van der Waals surface area contributed by atoms with Crippen LogP contribution in [-0.2, 0) is 4.74 Å². The van der Waals surface area contributed by atoms with Crippen LogP contribution in [0.1, 0.15) is 37.5 Å². The lowest BCUT2D eigenvalue weighted by molar-refractivity contribution is 0.0681. The minimum atomic E-state index is -0.860. The number of aliphatic hydroxyl groups is 1. The SMILES string of the molecule is COC1CCC(Nc2ncc3c(NC(O)c4ccccc4)ncc(I)c3n2)CC1. The first kappa shape index (κ1) is 20.2. The number of ether oxygens (including phenoxy) is 1. The van der Waals surface area contributed by atoms with E-state index in [1.54, 1.807) is 19.5 Å². The van der Waals surface area contributed by atoms with E-state index in [4.69, 9.17) is 9.72 Å². The maximum Gasteiger partial charge on any atom is 0.223 e. The first-order valence-electron chi connectivity index (χ1n) is 9.74. The van der Waals surface area contributed by atoms with Crippen LogP contribution in [-0.4, -0.2) is 39.3 Å². The molecule has 1 aliphatic carbocycles. The number of aliphatic hydroxyl groups excluding tert-OH is 1. The van der Waals surface area contributed by atoms with E-state index in [-0.39, 0.29) is 0 Å². The predicted octanol–water partition coefficient (Wildman–Crippen LogP) is 4.10. The van der Waals surface area contributed by atoms with Crippen molar-refractivity contribution < 1.29 is 9.84 Å². The molecule has 0 saturated heterocycles. The lowest BCUT2D eigenvalue weighted by atomic mass is 9.93. The summed E-state index contributed by atoms with van der Waals surface area (Å²) in [4.78, 5) is 13.7. The molecule has 0 bridgehead atoms. The van der Waals surface area contributed by atoms with Crippen molar-refractivity contribution in [3.63, 3.8) is 0 Å². The van der Waals surface area contributed by atoms with Gasteiger partial charge < -0.3 is 20.5 Å². The zero-order valence-electron chi connectivity index (χ0n) is 16.2. The van der Waals surface area contributed by atoms with Crippen molar-refractivity contribution in [1.82, 2.24) is 15.0 Å². The average Bonchev–Trinajstić information content (AvgIpc) is 2.77. The summed E-state index contributed by atoms with van der Waals surface area (Å²) in [5, 5.41) is 17.8. The molecule has 1 aliphatic rings. The van der Waals surface area contributed by atoms with Crippen LogP contribution in [0, 0.1) is 3.57 Å². The molecule has 1 aromatic carbocycles. The molecule has 4 rings (SSSR count). The van der Waals surface area contributed by atoms with Crippen LogP contribution < -0.4 is 10.6 Å². The molecule has 0 radical (unpaired) electrons. The van der Waals surface area contributed by atoms with Gasteiger partial charge in [-0.1, -0.05) is 30.3 Å².